The fraction of sp³-hybridized carbons (Fsp3) is 0.364. The first-order valence-corrected chi connectivity index (χ1v) is 5.64. The average Bonchev–Trinajstić information content (AvgIpc) is 2.76. The third kappa shape index (κ3) is 2.78. The highest BCUT2D eigenvalue weighted by molar-refractivity contribution is 5.78. The maximum atomic E-state index is 13.5. The zero-order valence-electron chi connectivity index (χ0n) is 9.78. The second-order valence-corrected chi connectivity index (χ2v) is 4.20. The summed E-state index contributed by atoms with van der Waals surface area (Å²) in [5, 5.41) is 15.9. The van der Waals surface area contributed by atoms with Crippen LogP contribution in [-0.4, -0.2) is 23.4 Å². The molecule has 6 nitrogen and oxygen atoms in total. The Bertz CT molecular complexity index is 536. The predicted molar refractivity (Wildman–Crippen MR) is 62.7 cm³/mol. The monoisotopic (exact) mass is 271 g/mol. The molecule has 1 aliphatic heterocycles. The molecule has 1 saturated heterocycles. The van der Waals surface area contributed by atoms with Crippen LogP contribution in [0.1, 0.15) is 12.8 Å². The lowest BCUT2D eigenvalue weighted by Gasteiger charge is -2.13. The number of nitro groups is 1. The van der Waals surface area contributed by atoms with Gasteiger partial charge in [0.05, 0.1) is 4.92 Å². The molecule has 1 aliphatic rings. The highest BCUT2D eigenvalue weighted by Gasteiger charge is 2.25. The van der Waals surface area contributed by atoms with E-state index in [0.29, 0.717) is 18.9 Å². The Balaban J connectivity index is 2.16. The third-order valence-corrected chi connectivity index (χ3v) is 2.88. The van der Waals surface area contributed by atoms with Gasteiger partial charge in [-0.15, -0.1) is 0 Å². The Morgan fingerprint density at radius 2 is 2.21 bits per heavy atom. The zero-order valence-corrected chi connectivity index (χ0v) is 9.78. The SMILES string of the molecule is O=C1CCC(CNc2c([N+](=O)[O-])ccc(F)c2F)N1. The molecule has 1 amide bonds. The highest BCUT2D eigenvalue weighted by Crippen LogP contribution is 2.29. The first-order chi connectivity index (χ1) is 8.99. The van der Waals surface area contributed by atoms with Gasteiger partial charge in [0, 0.05) is 25.1 Å². The van der Waals surface area contributed by atoms with E-state index in [2.05, 4.69) is 10.6 Å². The van der Waals surface area contributed by atoms with E-state index in [-0.39, 0.29) is 18.5 Å². The topological polar surface area (TPSA) is 84.3 Å². The predicted octanol–water partition coefficient (Wildman–Crippen LogP) is 1.56. The van der Waals surface area contributed by atoms with Gasteiger partial charge >= 0.3 is 0 Å². The van der Waals surface area contributed by atoms with E-state index in [1.165, 1.54) is 0 Å². The van der Waals surface area contributed by atoms with Crippen LogP contribution in [0.5, 0.6) is 0 Å². The molecule has 2 N–H and O–H groups in total. The van der Waals surface area contributed by atoms with Crippen molar-refractivity contribution in [3.8, 4) is 0 Å². The van der Waals surface area contributed by atoms with Crippen LogP contribution in [0, 0.1) is 21.7 Å². The molecule has 1 atom stereocenters. The third-order valence-electron chi connectivity index (χ3n) is 2.88. The Morgan fingerprint density at radius 1 is 1.47 bits per heavy atom. The lowest BCUT2D eigenvalue weighted by Crippen LogP contribution is -2.32. The number of nitrogens with zero attached hydrogens (tertiary/aromatic N) is 1. The van der Waals surface area contributed by atoms with E-state index in [9.17, 15) is 23.7 Å². The van der Waals surface area contributed by atoms with Gasteiger partial charge < -0.3 is 10.6 Å². The number of carbonyl (C=O) groups is 1. The summed E-state index contributed by atoms with van der Waals surface area (Å²) in [7, 11) is 0. The number of halogens is 2. The van der Waals surface area contributed by atoms with E-state index in [1.54, 1.807) is 0 Å². The van der Waals surface area contributed by atoms with Gasteiger partial charge in [-0.3, -0.25) is 14.9 Å². The minimum atomic E-state index is -1.29. The lowest BCUT2D eigenvalue weighted by molar-refractivity contribution is -0.384. The second kappa shape index (κ2) is 5.17. The van der Waals surface area contributed by atoms with Crippen molar-refractivity contribution in [2.24, 2.45) is 0 Å². The minimum Gasteiger partial charge on any atom is -0.375 e. The molecular formula is C11H11F2N3O3. The van der Waals surface area contributed by atoms with Crippen molar-refractivity contribution in [2.45, 2.75) is 18.9 Å². The van der Waals surface area contributed by atoms with Gasteiger partial charge in [0.15, 0.2) is 17.3 Å². The minimum absolute atomic E-state index is 0.104. The molecule has 0 bridgehead atoms. The van der Waals surface area contributed by atoms with Crippen LogP contribution in [0.3, 0.4) is 0 Å². The molecule has 0 radical (unpaired) electrons. The average molecular weight is 271 g/mol. The maximum Gasteiger partial charge on any atom is 0.295 e. The number of anilines is 1. The molecule has 2 rings (SSSR count). The fourth-order valence-corrected chi connectivity index (χ4v) is 1.92. The van der Waals surface area contributed by atoms with Gasteiger partial charge in [0.2, 0.25) is 5.91 Å². The molecule has 1 unspecified atom stereocenters. The summed E-state index contributed by atoms with van der Waals surface area (Å²) < 4.78 is 26.6. The number of carbonyl (C=O) groups excluding carboxylic acids is 1. The van der Waals surface area contributed by atoms with Crippen LogP contribution in [0.4, 0.5) is 20.2 Å². The Morgan fingerprint density at radius 3 is 2.79 bits per heavy atom. The summed E-state index contributed by atoms with van der Waals surface area (Å²) in [6.07, 6.45) is 0.913. The van der Waals surface area contributed by atoms with E-state index in [4.69, 9.17) is 0 Å². The van der Waals surface area contributed by atoms with Crippen LogP contribution in [0.2, 0.25) is 0 Å². The van der Waals surface area contributed by atoms with Crippen LogP contribution < -0.4 is 10.6 Å². The van der Waals surface area contributed by atoms with Gasteiger partial charge in [-0.2, -0.15) is 0 Å². The summed E-state index contributed by atoms with van der Waals surface area (Å²) in [5.41, 5.74) is -1.03. The number of amides is 1. The van der Waals surface area contributed by atoms with Crippen molar-refractivity contribution < 1.29 is 18.5 Å². The van der Waals surface area contributed by atoms with Crippen molar-refractivity contribution in [3.63, 3.8) is 0 Å². The molecule has 0 spiro atoms. The molecule has 1 fully saturated rings. The van der Waals surface area contributed by atoms with E-state index in [1.807, 2.05) is 0 Å². The molecule has 8 heteroatoms. The Kier molecular flexibility index (Phi) is 3.59. The number of benzene rings is 1. The second-order valence-electron chi connectivity index (χ2n) is 4.20. The van der Waals surface area contributed by atoms with Crippen molar-refractivity contribution in [1.29, 1.82) is 0 Å². The smallest absolute Gasteiger partial charge is 0.295 e. The molecule has 102 valence electrons. The molecular weight excluding hydrogens is 260 g/mol. The van der Waals surface area contributed by atoms with Crippen molar-refractivity contribution >= 4 is 17.3 Å². The molecule has 0 saturated carbocycles. The van der Waals surface area contributed by atoms with Gasteiger partial charge in [0.25, 0.3) is 5.69 Å². The number of rotatable bonds is 4. The highest BCUT2D eigenvalue weighted by atomic mass is 19.2. The van der Waals surface area contributed by atoms with Gasteiger partial charge in [-0.05, 0) is 12.5 Å². The lowest BCUT2D eigenvalue weighted by atomic mass is 10.2. The van der Waals surface area contributed by atoms with Gasteiger partial charge in [-0.1, -0.05) is 0 Å². The summed E-state index contributed by atoms with van der Waals surface area (Å²) >= 11 is 0. The summed E-state index contributed by atoms with van der Waals surface area (Å²) in [6.45, 7) is 0.104. The number of hydrogen-bond acceptors (Lipinski definition) is 4. The fourth-order valence-electron chi connectivity index (χ4n) is 1.92. The first-order valence-electron chi connectivity index (χ1n) is 5.64. The first kappa shape index (κ1) is 13.2. The van der Waals surface area contributed by atoms with E-state index < -0.39 is 27.9 Å². The molecule has 0 aromatic heterocycles. The van der Waals surface area contributed by atoms with E-state index >= 15 is 0 Å². The summed E-state index contributed by atoms with van der Waals surface area (Å²) in [6, 6.07) is 1.36. The summed E-state index contributed by atoms with van der Waals surface area (Å²) in [4.78, 5) is 20.9. The van der Waals surface area contributed by atoms with Gasteiger partial charge in [0.1, 0.15) is 0 Å². The number of nitrogens with one attached hydrogen (secondary N) is 2. The van der Waals surface area contributed by atoms with Crippen LogP contribution in [-0.2, 0) is 4.79 Å². The largest absolute Gasteiger partial charge is 0.375 e. The molecule has 1 aromatic rings. The normalized spacial score (nSPS) is 18.2. The maximum absolute atomic E-state index is 13.5. The van der Waals surface area contributed by atoms with Gasteiger partial charge in [-0.25, -0.2) is 8.78 Å². The zero-order chi connectivity index (χ0) is 14.0. The molecule has 0 aliphatic carbocycles. The standard InChI is InChI=1S/C11H11F2N3O3/c12-7-2-3-8(16(18)19)11(10(7)13)14-5-6-1-4-9(17)15-6/h2-3,6,14H,1,4-5H2,(H,15,17). The Labute approximate surface area is 106 Å². The van der Waals surface area contributed by atoms with Crippen LogP contribution in [0.15, 0.2) is 12.1 Å². The van der Waals surface area contributed by atoms with Crippen LogP contribution >= 0.6 is 0 Å². The molecule has 19 heavy (non-hydrogen) atoms. The Hall–Kier alpha value is -2.25. The molecule has 1 aromatic carbocycles. The van der Waals surface area contributed by atoms with Crippen molar-refractivity contribution in [1.82, 2.24) is 5.32 Å². The quantitative estimate of drug-likeness (QED) is 0.643. The number of hydrogen-bond donors (Lipinski definition) is 2. The van der Waals surface area contributed by atoms with Crippen molar-refractivity contribution in [3.05, 3.63) is 33.9 Å². The van der Waals surface area contributed by atoms with E-state index in [0.717, 1.165) is 6.07 Å². The van der Waals surface area contributed by atoms with Crippen molar-refractivity contribution in [2.75, 3.05) is 11.9 Å². The molecule has 1 heterocycles. The van der Waals surface area contributed by atoms with Crippen LogP contribution in [0.25, 0.3) is 0 Å². The number of nitro benzene ring substituents is 1. The summed E-state index contributed by atoms with van der Waals surface area (Å²) in [5.74, 6) is -2.58.